The van der Waals surface area contributed by atoms with E-state index in [2.05, 4.69) is 24.9 Å². The van der Waals surface area contributed by atoms with E-state index in [1.807, 2.05) is 4.72 Å². The van der Waals surface area contributed by atoms with Crippen LogP contribution in [0, 0.1) is 0 Å². The van der Waals surface area contributed by atoms with Crippen molar-refractivity contribution in [1.29, 1.82) is 0 Å². The Morgan fingerprint density at radius 3 is 2.36 bits per heavy atom. The van der Waals surface area contributed by atoms with E-state index in [9.17, 15) is 13.2 Å². The van der Waals surface area contributed by atoms with E-state index in [1.54, 1.807) is 6.07 Å². The second kappa shape index (κ2) is 7.77. The Bertz CT molecular complexity index is 1110. The first kappa shape index (κ1) is 19.5. The van der Waals surface area contributed by atoms with Crippen LogP contribution in [0.2, 0.25) is 0 Å². The number of methoxy groups -OCH3 is 3. The molecule has 0 aliphatic rings. The van der Waals surface area contributed by atoms with Gasteiger partial charge in [-0.25, -0.2) is 17.9 Å². The van der Waals surface area contributed by atoms with Crippen molar-refractivity contribution in [2.24, 2.45) is 0 Å². The number of anilines is 1. The van der Waals surface area contributed by atoms with Crippen LogP contribution in [0.15, 0.2) is 23.1 Å². The maximum atomic E-state index is 12.8. The van der Waals surface area contributed by atoms with E-state index < -0.39 is 16.1 Å². The Morgan fingerprint density at radius 1 is 1.07 bits per heavy atom. The number of benzene rings is 1. The molecule has 0 atom stereocenters. The molecule has 0 bridgehead atoms. The summed E-state index contributed by atoms with van der Waals surface area (Å²) < 4.78 is 46.7. The highest BCUT2D eigenvalue weighted by atomic mass is 32.2. The number of urea groups is 1. The summed E-state index contributed by atoms with van der Waals surface area (Å²) in [4.78, 5) is 19.7. The number of hydrogen-bond acceptors (Lipinski definition) is 11. The standard InChI is InChI=1S/C14H14N6O6S2/c1-24-7-4-5-8-11(18-20-27-8)12(7)28(22,23)19-14(21)17-13-15-9(25-2)6-10(16-13)26-3/h4-6H,1-3H3,(H2,15,16,17,19,21). The van der Waals surface area contributed by atoms with Crippen molar-refractivity contribution in [3.05, 3.63) is 18.2 Å². The van der Waals surface area contributed by atoms with Crippen molar-refractivity contribution in [3.8, 4) is 17.5 Å². The average molecular weight is 426 g/mol. The Balaban J connectivity index is 1.89. The van der Waals surface area contributed by atoms with Crippen LogP contribution in [0.25, 0.3) is 10.2 Å². The van der Waals surface area contributed by atoms with Crippen molar-refractivity contribution in [3.63, 3.8) is 0 Å². The first-order valence-electron chi connectivity index (χ1n) is 7.48. The van der Waals surface area contributed by atoms with Crippen LogP contribution < -0.4 is 24.2 Å². The minimum absolute atomic E-state index is 0.0137. The fourth-order valence-electron chi connectivity index (χ4n) is 2.20. The minimum Gasteiger partial charge on any atom is -0.495 e. The topological polar surface area (TPSA) is 155 Å². The lowest BCUT2D eigenvalue weighted by atomic mass is 10.3. The molecule has 12 nitrogen and oxygen atoms in total. The van der Waals surface area contributed by atoms with E-state index in [-0.39, 0.29) is 33.9 Å². The van der Waals surface area contributed by atoms with Gasteiger partial charge in [0.15, 0.2) is 4.90 Å². The number of hydrogen-bond donors (Lipinski definition) is 2. The van der Waals surface area contributed by atoms with Gasteiger partial charge in [0, 0.05) is 0 Å². The third-order valence-electron chi connectivity index (χ3n) is 3.38. The molecule has 0 aliphatic carbocycles. The summed E-state index contributed by atoms with van der Waals surface area (Å²) in [6.45, 7) is 0. The van der Waals surface area contributed by atoms with Crippen LogP contribution in [-0.4, -0.2) is 55.3 Å². The monoisotopic (exact) mass is 426 g/mol. The molecule has 2 aromatic heterocycles. The highest BCUT2D eigenvalue weighted by Crippen LogP contribution is 2.32. The fourth-order valence-corrected chi connectivity index (χ4v) is 4.05. The van der Waals surface area contributed by atoms with E-state index in [0.717, 1.165) is 11.5 Å². The van der Waals surface area contributed by atoms with Gasteiger partial charge in [-0.05, 0) is 23.7 Å². The number of ether oxygens (including phenoxy) is 3. The molecule has 2 heterocycles. The van der Waals surface area contributed by atoms with Gasteiger partial charge in [-0.3, -0.25) is 5.32 Å². The number of rotatable bonds is 6. The van der Waals surface area contributed by atoms with E-state index in [1.165, 1.54) is 33.5 Å². The van der Waals surface area contributed by atoms with Crippen LogP contribution in [0.5, 0.6) is 17.5 Å². The van der Waals surface area contributed by atoms with Crippen molar-refractivity contribution in [2.45, 2.75) is 4.90 Å². The number of sulfonamides is 1. The third-order valence-corrected chi connectivity index (χ3v) is 5.45. The van der Waals surface area contributed by atoms with Crippen molar-refractivity contribution < 1.29 is 27.4 Å². The number of carbonyl (C=O) groups excluding carboxylic acids is 1. The van der Waals surface area contributed by atoms with E-state index in [0.29, 0.717) is 4.70 Å². The summed E-state index contributed by atoms with van der Waals surface area (Å²) in [7, 11) is -0.317. The first-order chi connectivity index (χ1) is 13.4. The van der Waals surface area contributed by atoms with E-state index >= 15 is 0 Å². The molecule has 2 amide bonds. The number of aromatic nitrogens is 4. The Morgan fingerprint density at radius 2 is 1.75 bits per heavy atom. The van der Waals surface area contributed by atoms with Crippen molar-refractivity contribution in [1.82, 2.24) is 24.3 Å². The molecule has 0 aliphatic heterocycles. The lowest BCUT2D eigenvalue weighted by Gasteiger charge is -2.12. The number of amides is 2. The van der Waals surface area contributed by atoms with Gasteiger partial charge in [-0.1, -0.05) is 4.49 Å². The van der Waals surface area contributed by atoms with Crippen LogP contribution in [0.3, 0.4) is 0 Å². The van der Waals surface area contributed by atoms with Gasteiger partial charge in [0.25, 0.3) is 10.0 Å². The molecule has 0 saturated heterocycles. The average Bonchev–Trinajstić information content (AvgIpc) is 3.14. The highest BCUT2D eigenvalue weighted by Gasteiger charge is 2.27. The number of fused-ring (bicyclic) bond motifs is 1. The SMILES string of the molecule is COc1cc(OC)nc(NC(=O)NS(=O)(=O)c2c(OC)ccc3snnc23)n1. The highest BCUT2D eigenvalue weighted by molar-refractivity contribution is 7.90. The van der Waals surface area contributed by atoms with Gasteiger partial charge in [-0.2, -0.15) is 9.97 Å². The number of nitrogens with zero attached hydrogens (tertiary/aromatic N) is 4. The predicted molar refractivity (Wildman–Crippen MR) is 98.4 cm³/mol. The molecule has 3 rings (SSSR count). The second-order valence-electron chi connectivity index (χ2n) is 5.05. The summed E-state index contributed by atoms with van der Waals surface area (Å²) in [5.41, 5.74) is 0.0870. The Hall–Kier alpha value is -3.26. The molecule has 3 aromatic rings. The molecule has 1 aromatic carbocycles. The zero-order valence-electron chi connectivity index (χ0n) is 14.8. The smallest absolute Gasteiger partial charge is 0.335 e. The molecular weight excluding hydrogens is 412 g/mol. The molecule has 0 unspecified atom stereocenters. The molecule has 0 fully saturated rings. The maximum absolute atomic E-state index is 12.8. The van der Waals surface area contributed by atoms with Gasteiger partial charge in [0.2, 0.25) is 17.7 Å². The largest absolute Gasteiger partial charge is 0.495 e. The van der Waals surface area contributed by atoms with Crippen molar-refractivity contribution in [2.75, 3.05) is 26.6 Å². The summed E-state index contributed by atoms with van der Waals surface area (Å²) in [6, 6.07) is 3.36. The second-order valence-corrected chi connectivity index (χ2v) is 7.46. The Kier molecular flexibility index (Phi) is 5.41. The lowest BCUT2D eigenvalue weighted by Crippen LogP contribution is -2.35. The molecule has 0 radical (unpaired) electrons. The number of nitrogens with one attached hydrogen (secondary N) is 2. The predicted octanol–water partition coefficient (Wildman–Crippen LogP) is 1.02. The zero-order chi connectivity index (χ0) is 20.3. The van der Waals surface area contributed by atoms with Crippen LogP contribution in [0.4, 0.5) is 10.7 Å². The van der Waals surface area contributed by atoms with Gasteiger partial charge in [0.1, 0.15) is 11.3 Å². The molecular formula is C14H14N6O6S2. The van der Waals surface area contributed by atoms with Crippen LogP contribution in [-0.2, 0) is 10.0 Å². The van der Waals surface area contributed by atoms with Gasteiger partial charge in [-0.15, -0.1) is 5.10 Å². The zero-order valence-corrected chi connectivity index (χ0v) is 16.4. The normalized spacial score (nSPS) is 11.1. The molecule has 148 valence electrons. The summed E-state index contributed by atoms with van der Waals surface area (Å²) in [6.07, 6.45) is 0. The summed E-state index contributed by atoms with van der Waals surface area (Å²) >= 11 is 1.01. The number of carbonyl (C=O) groups is 1. The molecule has 14 heteroatoms. The summed E-state index contributed by atoms with van der Waals surface area (Å²) in [5, 5.41) is 6.02. The third kappa shape index (κ3) is 3.86. The lowest BCUT2D eigenvalue weighted by molar-refractivity contribution is 0.256. The van der Waals surface area contributed by atoms with Gasteiger partial charge in [0.05, 0.1) is 32.1 Å². The quantitative estimate of drug-likeness (QED) is 0.583. The van der Waals surface area contributed by atoms with Crippen molar-refractivity contribution >= 4 is 43.8 Å². The maximum Gasteiger partial charge on any atom is 0.335 e. The van der Waals surface area contributed by atoms with E-state index in [4.69, 9.17) is 14.2 Å². The van der Waals surface area contributed by atoms with Crippen LogP contribution in [0.1, 0.15) is 0 Å². The van der Waals surface area contributed by atoms with Crippen LogP contribution >= 0.6 is 11.5 Å². The summed E-state index contributed by atoms with van der Waals surface area (Å²) in [5.74, 6) is 0.0270. The fraction of sp³-hybridized carbons (Fsp3) is 0.214. The minimum atomic E-state index is -4.35. The Labute approximate surface area is 163 Å². The molecule has 2 N–H and O–H groups in total. The molecule has 28 heavy (non-hydrogen) atoms. The molecule has 0 spiro atoms. The molecule has 0 saturated carbocycles. The van der Waals surface area contributed by atoms with Gasteiger partial charge < -0.3 is 14.2 Å². The van der Waals surface area contributed by atoms with Gasteiger partial charge >= 0.3 is 6.03 Å². The first-order valence-corrected chi connectivity index (χ1v) is 9.73.